The Morgan fingerprint density at radius 1 is 0.800 bits per heavy atom. The van der Waals surface area contributed by atoms with E-state index in [0.29, 0.717) is 0 Å². The van der Waals surface area contributed by atoms with Crippen LogP contribution in [0.25, 0.3) is 0 Å². The second-order valence-corrected chi connectivity index (χ2v) is 2.31. The van der Waals surface area contributed by atoms with E-state index in [0.717, 1.165) is 10.0 Å². The molecule has 0 aromatic heterocycles. The average Bonchev–Trinajstić information content (AvgIpc) is 2.00. The van der Waals surface area contributed by atoms with Gasteiger partial charge in [-0.25, -0.2) is 0 Å². The van der Waals surface area contributed by atoms with Crippen molar-refractivity contribution in [2.24, 2.45) is 0 Å². The van der Waals surface area contributed by atoms with E-state index >= 15 is 0 Å². The van der Waals surface area contributed by atoms with Crippen molar-refractivity contribution in [3.8, 4) is 0 Å². The maximum absolute atomic E-state index is 6.00. The lowest BCUT2D eigenvalue weighted by molar-refractivity contribution is 1.15. The first-order valence-corrected chi connectivity index (χ1v) is 3.16. The molecule has 0 fully saturated rings. The smallest absolute Gasteiger partial charge is 0.0407 e. The minimum Gasteiger partial charge on any atom is -0.0843 e. The van der Waals surface area contributed by atoms with Crippen molar-refractivity contribution >= 4 is 23.2 Å². The molecule has 0 saturated carbocycles. The minimum absolute atomic E-state index is 0.717. The van der Waals surface area contributed by atoms with E-state index in [2.05, 4.69) is 0 Å². The first kappa shape index (κ1) is 9.22. The van der Waals surface area contributed by atoms with E-state index in [9.17, 15) is 0 Å². The number of benzene rings is 1. The van der Waals surface area contributed by atoms with Gasteiger partial charge in [-0.1, -0.05) is 23.2 Å². The fraction of sp³-hybridized carbons (Fsp3) is 0. The van der Waals surface area contributed by atoms with Crippen molar-refractivity contribution in [2.75, 3.05) is 0 Å². The van der Waals surface area contributed by atoms with Crippen LogP contribution >= 0.6 is 23.2 Å². The third-order valence-electron chi connectivity index (χ3n) is 0.804. The van der Waals surface area contributed by atoms with E-state index in [-0.39, 0.29) is 0 Å². The predicted octanol–water partition coefficient (Wildman–Crippen LogP) is 3.02. The Labute approximate surface area is 68.8 Å². The van der Waals surface area contributed by atoms with Crippen molar-refractivity contribution in [1.29, 1.82) is 10.8 Å². The lowest BCUT2D eigenvalue weighted by Crippen LogP contribution is -1.60. The average molecular weight is 175 g/mol. The number of hydrogen-bond acceptors (Lipinski definition) is 2. The van der Waals surface area contributed by atoms with Crippen LogP contribution in [0.2, 0.25) is 10.0 Å². The third kappa shape index (κ3) is 3.29. The van der Waals surface area contributed by atoms with Gasteiger partial charge >= 0.3 is 0 Å². The largest absolute Gasteiger partial charge is 0.0843 e. The van der Waals surface area contributed by atoms with Crippen molar-refractivity contribution < 1.29 is 0 Å². The molecule has 0 radical (unpaired) electrons. The zero-order valence-corrected chi connectivity index (χ0v) is 6.47. The van der Waals surface area contributed by atoms with E-state index < -0.39 is 0 Å². The summed E-state index contributed by atoms with van der Waals surface area (Å²) in [6.07, 6.45) is 0. The lowest BCUT2D eigenvalue weighted by atomic mass is 10.4. The molecule has 0 spiro atoms. The van der Waals surface area contributed by atoms with E-state index in [1.54, 1.807) is 24.3 Å². The van der Waals surface area contributed by atoms with E-state index in [4.69, 9.17) is 34.0 Å². The zero-order chi connectivity index (χ0) is 7.98. The van der Waals surface area contributed by atoms with Gasteiger partial charge in [0.15, 0.2) is 0 Å². The number of rotatable bonds is 0. The van der Waals surface area contributed by atoms with Gasteiger partial charge in [0, 0.05) is 20.8 Å². The number of nitrogens with zero attached hydrogens (tertiary/aromatic N) is 2. The Kier molecular flexibility index (Phi) is 4.65. The molecule has 1 aromatic rings. The molecule has 0 amide bonds. The quantitative estimate of drug-likeness (QED) is 0.569. The highest BCUT2D eigenvalue weighted by Gasteiger charge is 1.83. The Morgan fingerprint density at radius 3 is 1.20 bits per heavy atom. The first-order chi connectivity index (χ1) is 4.79. The van der Waals surface area contributed by atoms with E-state index in [1.165, 1.54) is 0 Å². The standard InChI is InChI=1S/C6H4Cl2.N2/c7-5-1-2-6(8)4-3-5;1-2/h1-4H;. The van der Waals surface area contributed by atoms with Crippen LogP contribution < -0.4 is 0 Å². The Bertz CT molecular complexity index is 184. The summed E-state index contributed by atoms with van der Waals surface area (Å²) in [7, 11) is 0. The highest BCUT2D eigenvalue weighted by Crippen LogP contribution is 2.12. The second kappa shape index (κ2) is 5.04. The minimum atomic E-state index is 0.717. The molecule has 1 aromatic carbocycles. The zero-order valence-electron chi connectivity index (χ0n) is 4.96. The molecule has 4 heteroatoms. The van der Waals surface area contributed by atoms with Crippen molar-refractivity contribution in [3.63, 3.8) is 0 Å². The van der Waals surface area contributed by atoms with Crippen LogP contribution in [0.15, 0.2) is 24.3 Å². The van der Waals surface area contributed by atoms with E-state index in [1.807, 2.05) is 0 Å². The third-order valence-corrected chi connectivity index (χ3v) is 1.31. The molecule has 0 aliphatic rings. The Hall–Kier alpha value is -0.780. The molecule has 0 heterocycles. The summed E-state index contributed by atoms with van der Waals surface area (Å²) in [5.74, 6) is 0. The van der Waals surface area contributed by atoms with Crippen molar-refractivity contribution in [2.45, 2.75) is 0 Å². The molecule has 0 bridgehead atoms. The fourth-order valence-electron chi connectivity index (χ4n) is 0.430. The molecule has 0 aliphatic heterocycles. The summed E-state index contributed by atoms with van der Waals surface area (Å²) < 4.78 is 0. The summed E-state index contributed by atoms with van der Waals surface area (Å²) in [6, 6.07) is 7.02. The highest BCUT2D eigenvalue weighted by molar-refractivity contribution is 6.32. The molecule has 52 valence electrons. The molecular weight excluding hydrogens is 171 g/mol. The van der Waals surface area contributed by atoms with Gasteiger partial charge in [-0.3, -0.25) is 0 Å². The maximum Gasteiger partial charge on any atom is 0.0407 e. The summed E-state index contributed by atoms with van der Waals surface area (Å²) >= 11 is 11.1. The van der Waals surface area contributed by atoms with Gasteiger partial charge in [0.25, 0.3) is 0 Å². The second-order valence-electron chi connectivity index (χ2n) is 1.44. The van der Waals surface area contributed by atoms with Gasteiger partial charge < -0.3 is 0 Å². The maximum atomic E-state index is 6.00. The molecule has 0 saturated heterocycles. The first-order valence-electron chi connectivity index (χ1n) is 2.40. The van der Waals surface area contributed by atoms with Gasteiger partial charge in [-0.15, -0.1) is 0 Å². The summed E-state index contributed by atoms with van der Waals surface area (Å²) in [4.78, 5) is 0. The fourth-order valence-corrected chi connectivity index (χ4v) is 0.682. The monoisotopic (exact) mass is 174 g/mol. The molecule has 1 rings (SSSR count). The molecule has 0 N–H and O–H groups in total. The van der Waals surface area contributed by atoms with Crippen molar-refractivity contribution in [1.82, 2.24) is 0 Å². The Morgan fingerprint density at radius 2 is 1.00 bits per heavy atom. The molecule has 10 heavy (non-hydrogen) atoms. The summed E-state index contributed by atoms with van der Waals surface area (Å²) in [5.41, 5.74) is 0. The molecule has 0 aliphatic carbocycles. The summed E-state index contributed by atoms with van der Waals surface area (Å²) in [6.45, 7) is 0. The molecule has 0 unspecified atom stereocenters. The van der Waals surface area contributed by atoms with Crippen molar-refractivity contribution in [3.05, 3.63) is 34.3 Å². The predicted molar refractivity (Wildman–Crippen MR) is 39.9 cm³/mol. The molecule has 2 nitrogen and oxygen atoms in total. The topological polar surface area (TPSA) is 47.6 Å². The lowest BCUT2D eigenvalue weighted by Gasteiger charge is -1.86. The van der Waals surface area contributed by atoms with Crippen LogP contribution in [0, 0.1) is 10.8 Å². The Balaban J connectivity index is 0.000000371. The number of hydrogen-bond donors (Lipinski definition) is 0. The van der Waals surface area contributed by atoms with Gasteiger partial charge in [-0.05, 0) is 24.3 Å². The van der Waals surface area contributed by atoms with Crippen LogP contribution in [0.5, 0.6) is 0 Å². The SMILES string of the molecule is Clc1ccc(Cl)cc1.N#N. The molecule has 0 atom stereocenters. The molecular formula is C6H4Cl2N2. The van der Waals surface area contributed by atoms with Crippen LogP contribution in [-0.4, -0.2) is 0 Å². The summed E-state index contributed by atoms with van der Waals surface area (Å²) in [5, 5.41) is 13.4. The van der Waals surface area contributed by atoms with Crippen LogP contribution in [0.1, 0.15) is 0 Å². The van der Waals surface area contributed by atoms with Gasteiger partial charge in [0.1, 0.15) is 0 Å². The van der Waals surface area contributed by atoms with Gasteiger partial charge in [0.05, 0.1) is 0 Å². The van der Waals surface area contributed by atoms with Crippen LogP contribution in [0.3, 0.4) is 0 Å². The highest BCUT2D eigenvalue weighted by atomic mass is 35.5. The van der Waals surface area contributed by atoms with Gasteiger partial charge in [-0.2, -0.15) is 0 Å². The normalized spacial score (nSPS) is 7.60. The van der Waals surface area contributed by atoms with Crippen LogP contribution in [0.4, 0.5) is 0 Å². The van der Waals surface area contributed by atoms with Crippen LogP contribution in [-0.2, 0) is 0 Å². The van der Waals surface area contributed by atoms with Gasteiger partial charge in [0.2, 0.25) is 0 Å². The number of halogens is 2.